The maximum absolute atomic E-state index is 9.43. The Morgan fingerprint density at radius 3 is 2.00 bits per heavy atom. The molecule has 94 valence electrons. The third-order valence-electron chi connectivity index (χ3n) is 2.94. The molecule has 0 amide bonds. The number of ether oxygens (including phenoxy) is 1. The zero-order valence-corrected chi connectivity index (χ0v) is 10.7. The molecule has 2 atom stereocenters. The summed E-state index contributed by atoms with van der Waals surface area (Å²) < 4.78 is 5.85. The standard InChI is InChI=1S/C16H18O2/c1-12(17)14-8-10-16(11-9-14)18-13(2)15-6-4-3-5-7-15/h3-13,17H,1-2H3/t12-,13?/m0/s1. The van der Waals surface area contributed by atoms with E-state index in [-0.39, 0.29) is 6.10 Å². The van der Waals surface area contributed by atoms with Crippen molar-refractivity contribution in [3.05, 3.63) is 65.7 Å². The molecule has 0 aliphatic heterocycles. The molecule has 0 heterocycles. The van der Waals surface area contributed by atoms with Gasteiger partial charge in [-0.05, 0) is 37.1 Å². The molecular formula is C16H18O2. The van der Waals surface area contributed by atoms with Crippen LogP contribution in [0.4, 0.5) is 0 Å². The largest absolute Gasteiger partial charge is 0.486 e. The van der Waals surface area contributed by atoms with Gasteiger partial charge in [-0.1, -0.05) is 42.5 Å². The normalized spacial score (nSPS) is 13.9. The highest BCUT2D eigenvalue weighted by molar-refractivity contribution is 5.29. The van der Waals surface area contributed by atoms with Gasteiger partial charge in [0.25, 0.3) is 0 Å². The summed E-state index contributed by atoms with van der Waals surface area (Å²) in [6.07, 6.45) is -0.422. The Labute approximate surface area is 108 Å². The SMILES string of the molecule is CC(Oc1ccc([C@H](C)O)cc1)c1ccccc1. The highest BCUT2D eigenvalue weighted by atomic mass is 16.5. The lowest BCUT2D eigenvalue weighted by Crippen LogP contribution is -2.02. The van der Waals surface area contributed by atoms with Crippen LogP contribution >= 0.6 is 0 Å². The topological polar surface area (TPSA) is 29.5 Å². The molecule has 2 aromatic carbocycles. The summed E-state index contributed by atoms with van der Waals surface area (Å²) in [7, 11) is 0. The summed E-state index contributed by atoms with van der Waals surface area (Å²) in [6, 6.07) is 17.7. The van der Waals surface area contributed by atoms with Crippen molar-refractivity contribution in [2.45, 2.75) is 26.1 Å². The van der Waals surface area contributed by atoms with Gasteiger partial charge in [0.15, 0.2) is 0 Å². The fourth-order valence-electron chi connectivity index (χ4n) is 1.82. The molecule has 0 bridgehead atoms. The van der Waals surface area contributed by atoms with Gasteiger partial charge in [-0.15, -0.1) is 0 Å². The second kappa shape index (κ2) is 5.69. The van der Waals surface area contributed by atoms with Crippen molar-refractivity contribution >= 4 is 0 Å². The monoisotopic (exact) mass is 242 g/mol. The molecule has 0 aliphatic rings. The third-order valence-corrected chi connectivity index (χ3v) is 2.94. The summed E-state index contributed by atoms with van der Waals surface area (Å²) in [5, 5.41) is 9.43. The third kappa shape index (κ3) is 3.11. The van der Waals surface area contributed by atoms with Crippen molar-refractivity contribution < 1.29 is 9.84 Å². The van der Waals surface area contributed by atoms with E-state index >= 15 is 0 Å². The van der Waals surface area contributed by atoms with Crippen LogP contribution in [-0.2, 0) is 0 Å². The second-order valence-electron chi connectivity index (χ2n) is 4.42. The predicted octanol–water partition coefficient (Wildman–Crippen LogP) is 3.88. The van der Waals surface area contributed by atoms with Gasteiger partial charge in [0.1, 0.15) is 11.9 Å². The smallest absolute Gasteiger partial charge is 0.121 e. The van der Waals surface area contributed by atoms with E-state index in [1.54, 1.807) is 6.92 Å². The first-order valence-corrected chi connectivity index (χ1v) is 6.16. The molecule has 2 rings (SSSR count). The fraction of sp³-hybridized carbons (Fsp3) is 0.250. The van der Waals surface area contributed by atoms with Crippen molar-refractivity contribution in [1.82, 2.24) is 0 Å². The van der Waals surface area contributed by atoms with Crippen molar-refractivity contribution in [3.63, 3.8) is 0 Å². The molecule has 0 aliphatic carbocycles. The Hall–Kier alpha value is -1.80. The minimum absolute atomic E-state index is 0.0172. The molecule has 2 nitrogen and oxygen atoms in total. The van der Waals surface area contributed by atoms with Gasteiger partial charge in [-0.2, -0.15) is 0 Å². The molecule has 1 N–H and O–H groups in total. The van der Waals surface area contributed by atoms with E-state index in [0.717, 1.165) is 16.9 Å². The van der Waals surface area contributed by atoms with Gasteiger partial charge in [-0.25, -0.2) is 0 Å². The van der Waals surface area contributed by atoms with Gasteiger partial charge in [-0.3, -0.25) is 0 Å². The Kier molecular flexibility index (Phi) is 4.00. The Balaban J connectivity index is 2.05. The molecule has 0 saturated carbocycles. The molecule has 1 unspecified atom stereocenters. The lowest BCUT2D eigenvalue weighted by molar-refractivity contribution is 0.198. The first-order valence-electron chi connectivity index (χ1n) is 6.16. The molecule has 0 fully saturated rings. The predicted molar refractivity (Wildman–Crippen MR) is 72.6 cm³/mol. The Morgan fingerprint density at radius 2 is 1.44 bits per heavy atom. The molecule has 0 spiro atoms. The Morgan fingerprint density at radius 1 is 0.833 bits per heavy atom. The van der Waals surface area contributed by atoms with Crippen molar-refractivity contribution in [3.8, 4) is 5.75 Å². The van der Waals surface area contributed by atoms with E-state index < -0.39 is 6.10 Å². The van der Waals surface area contributed by atoms with E-state index in [4.69, 9.17) is 4.74 Å². The number of hydrogen-bond acceptors (Lipinski definition) is 2. The number of rotatable bonds is 4. The van der Waals surface area contributed by atoms with Crippen LogP contribution in [0.1, 0.15) is 37.2 Å². The summed E-state index contributed by atoms with van der Waals surface area (Å²) >= 11 is 0. The van der Waals surface area contributed by atoms with E-state index in [1.807, 2.05) is 49.4 Å². The second-order valence-corrected chi connectivity index (χ2v) is 4.42. The molecule has 2 aromatic rings. The lowest BCUT2D eigenvalue weighted by Gasteiger charge is -2.15. The van der Waals surface area contributed by atoms with Crippen LogP contribution in [0.2, 0.25) is 0 Å². The average molecular weight is 242 g/mol. The molecule has 2 heteroatoms. The highest BCUT2D eigenvalue weighted by Gasteiger charge is 2.07. The van der Waals surface area contributed by atoms with Gasteiger partial charge in [0.2, 0.25) is 0 Å². The van der Waals surface area contributed by atoms with Crippen LogP contribution in [-0.4, -0.2) is 5.11 Å². The van der Waals surface area contributed by atoms with Crippen LogP contribution in [0.3, 0.4) is 0 Å². The molecular weight excluding hydrogens is 224 g/mol. The fourth-order valence-corrected chi connectivity index (χ4v) is 1.82. The summed E-state index contributed by atoms with van der Waals surface area (Å²) in [4.78, 5) is 0. The number of aliphatic hydroxyl groups excluding tert-OH is 1. The van der Waals surface area contributed by atoms with E-state index in [9.17, 15) is 5.11 Å². The van der Waals surface area contributed by atoms with Gasteiger partial charge in [0, 0.05) is 0 Å². The summed E-state index contributed by atoms with van der Waals surface area (Å²) in [5.41, 5.74) is 2.05. The quantitative estimate of drug-likeness (QED) is 0.881. The van der Waals surface area contributed by atoms with Gasteiger partial charge in [0.05, 0.1) is 6.10 Å². The first kappa shape index (κ1) is 12.7. The van der Waals surface area contributed by atoms with Crippen LogP contribution in [0, 0.1) is 0 Å². The average Bonchev–Trinajstić information content (AvgIpc) is 2.40. The van der Waals surface area contributed by atoms with Gasteiger partial charge < -0.3 is 9.84 Å². The van der Waals surface area contributed by atoms with Crippen molar-refractivity contribution in [2.75, 3.05) is 0 Å². The van der Waals surface area contributed by atoms with Crippen LogP contribution in [0.25, 0.3) is 0 Å². The number of benzene rings is 2. The first-order chi connectivity index (χ1) is 8.66. The minimum atomic E-state index is -0.439. The Bertz CT molecular complexity index is 474. The van der Waals surface area contributed by atoms with Crippen LogP contribution < -0.4 is 4.74 Å². The maximum atomic E-state index is 9.43. The maximum Gasteiger partial charge on any atom is 0.121 e. The minimum Gasteiger partial charge on any atom is -0.486 e. The molecule has 0 saturated heterocycles. The van der Waals surface area contributed by atoms with Crippen LogP contribution in [0.15, 0.2) is 54.6 Å². The van der Waals surface area contributed by atoms with Crippen molar-refractivity contribution in [1.29, 1.82) is 0 Å². The highest BCUT2D eigenvalue weighted by Crippen LogP contribution is 2.23. The van der Waals surface area contributed by atoms with E-state index in [2.05, 4.69) is 12.1 Å². The summed E-state index contributed by atoms with van der Waals surface area (Å²) in [5.74, 6) is 0.816. The number of aliphatic hydroxyl groups is 1. The van der Waals surface area contributed by atoms with Crippen molar-refractivity contribution in [2.24, 2.45) is 0 Å². The van der Waals surface area contributed by atoms with E-state index in [0.29, 0.717) is 0 Å². The zero-order valence-electron chi connectivity index (χ0n) is 10.7. The zero-order chi connectivity index (χ0) is 13.0. The summed E-state index contributed by atoms with van der Waals surface area (Å²) in [6.45, 7) is 3.78. The molecule has 0 radical (unpaired) electrons. The number of hydrogen-bond donors (Lipinski definition) is 1. The van der Waals surface area contributed by atoms with Gasteiger partial charge >= 0.3 is 0 Å². The lowest BCUT2D eigenvalue weighted by atomic mass is 10.1. The molecule has 0 aromatic heterocycles. The molecule has 18 heavy (non-hydrogen) atoms. The van der Waals surface area contributed by atoms with E-state index in [1.165, 1.54) is 0 Å². The van der Waals surface area contributed by atoms with Crippen LogP contribution in [0.5, 0.6) is 5.75 Å².